The van der Waals surface area contributed by atoms with Crippen LogP contribution in [0.25, 0.3) is 10.8 Å². The van der Waals surface area contributed by atoms with Gasteiger partial charge in [-0.15, -0.1) is 11.3 Å². The Morgan fingerprint density at radius 2 is 1.88 bits per heavy atom. The fraction of sp³-hybridized carbons (Fsp3) is 0.345. The van der Waals surface area contributed by atoms with E-state index in [1.807, 2.05) is 11.3 Å². The van der Waals surface area contributed by atoms with Crippen LogP contribution in [0, 0.1) is 6.92 Å². The van der Waals surface area contributed by atoms with Gasteiger partial charge in [0.25, 0.3) is 0 Å². The van der Waals surface area contributed by atoms with Gasteiger partial charge in [-0.2, -0.15) is 0 Å². The molecule has 0 saturated carbocycles. The summed E-state index contributed by atoms with van der Waals surface area (Å²) in [5.41, 5.74) is 2.70. The molecule has 174 valence electrons. The summed E-state index contributed by atoms with van der Waals surface area (Å²) in [6, 6.07) is 18.8. The van der Waals surface area contributed by atoms with Crippen molar-refractivity contribution in [2.75, 3.05) is 32.0 Å². The lowest BCUT2D eigenvalue weighted by Gasteiger charge is -2.41. The summed E-state index contributed by atoms with van der Waals surface area (Å²) in [4.78, 5) is 11.7. The molecule has 1 N–H and O–H groups in total. The van der Waals surface area contributed by atoms with Crippen molar-refractivity contribution < 1.29 is 0 Å². The lowest BCUT2D eigenvalue weighted by atomic mass is 9.99. The first kappa shape index (κ1) is 21.6. The number of likely N-dealkylation sites (N-methyl/N-ethyl adjacent to an activating group) is 1. The summed E-state index contributed by atoms with van der Waals surface area (Å²) in [5, 5.41) is 7.68. The van der Waals surface area contributed by atoms with Crippen LogP contribution in [0.3, 0.4) is 0 Å². The highest BCUT2D eigenvalue weighted by Crippen LogP contribution is 2.34. The summed E-state index contributed by atoms with van der Waals surface area (Å²) in [6.07, 6.45) is 11.0. The Morgan fingerprint density at radius 1 is 1.03 bits per heavy atom. The van der Waals surface area contributed by atoms with Crippen LogP contribution >= 0.6 is 11.3 Å². The quantitative estimate of drug-likeness (QED) is 0.551. The topological polar surface area (TPSA) is 30.9 Å². The average Bonchev–Trinajstić information content (AvgIpc) is 3.15. The molecule has 3 heterocycles. The molecule has 1 saturated heterocycles. The van der Waals surface area contributed by atoms with E-state index < -0.39 is 0 Å². The average molecular weight is 469 g/mol. The molecule has 0 amide bonds. The molecule has 2 aromatic carbocycles. The monoisotopic (exact) mass is 468 g/mol. The van der Waals surface area contributed by atoms with Crippen molar-refractivity contribution in [3.8, 4) is 0 Å². The van der Waals surface area contributed by atoms with Gasteiger partial charge in [0.1, 0.15) is 10.8 Å². The zero-order valence-electron chi connectivity index (χ0n) is 19.9. The van der Waals surface area contributed by atoms with E-state index in [2.05, 4.69) is 102 Å². The summed E-state index contributed by atoms with van der Waals surface area (Å²) in [6.45, 7) is 5.31. The Bertz CT molecular complexity index is 1290. The predicted octanol–water partition coefficient (Wildman–Crippen LogP) is 5.49. The number of piperazine rings is 1. The predicted molar refractivity (Wildman–Crippen MR) is 145 cm³/mol. The molecule has 3 atom stereocenters. The summed E-state index contributed by atoms with van der Waals surface area (Å²) in [7, 11) is 2.28. The molecule has 34 heavy (non-hydrogen) atoms. The Morgan fingerprint density at radius 3 is 2.79 bits per heavy atom. The van der Waals surface area contributed by atoms with Crippen LogP contribution in [0.15, 0.2) is 77.8 Å². The van der Waals surface area contributed by atoms with E-state index in [1.165, 1.54) is 37.6 Å². The standard InChI is InChI=1S/C29H32N4S/c1-20-17-25-28(30-26-9-5-6-10-27(26)31-29(25)34-20)33-16-15-32(2)24(19-33)14-12-21-11-13-22-7-3-4-8-23(22)18-21/h3-11,13,17-18,24,26-27,31H,12,14-16,19H2,1-2H3. The van der Waals surface area contributed by atoms with Crippen molar-refractivity contribution in [1.82, 2.24) is 9.80 Å². The molecule has 0 spiro atoms. The van der Waals surface area contributed by atoms with Gasteiger partial charge in [-0.05, 0) is 49.2 Å². The van der Waals surface area contributed by atoms with E-state index in [0.29, 0.717) is 6.04 Å². The van der Waals surface area contributed by atoms with E-state index >= 15 is 0 Å². The molecule has 5 heteroatoms. The third-order valence-electron chi connectivity index (χ3n) is 7.43. The van der Waals surface area contributed by atoms with Gasteiger partial charge in [-0.3, -0.25) is 9.89 Å². The van der Waals surface area contributed by atoms with Gasteiger partial charge in [-0.1, -0.05) is 66.8 Å². The molecular weight excluding hydrogens is 436 g/mol. The molecule has 4 nitrogen and oxygen atoms in total. The summed E-state index contributed by atoms with van der Waals surface area (Å²) in [5.74, 6) is 1.17. The van der Waals surface area contributed by atoms with Gasteiger partial charge in [0.15, 0.2) is 0 Å². The molecule has 6 rings (SSSR count). The molecule has 1 aliphatic carbocycles. The minimum Gasteiger partial charge on any atom is -0.368 e. The number of benzene rings is 2. The van der Waals surface area contributed by atoms with E-state index in [-0.39, 0.29) is 12.1 Å². The third kappa shape index (κ3) is 4.19. The van der Waals surface area contributed by atoms with Crippen LogP contribution in [0.4, 0.5) is 5.00 Å². The van der Waals surface area contributed by atoms with Crippen LogP contribution in [-0.2, 0) is 6.42 Å². The first-order chi connectivity index (χ1) is 16.6. The van der Waals surface area contributed by atoms with Crippen molar-refractivity contribution in [2.45, 2.75) is 37.9 Å². The number of hydrogen-bond donors (Lipinski definition) is 1. The number of rotatable bonds is 3. The second-order valence-electron chi connectivity index (χ2n) is 9.78. The molecule has 2 aliphatic heterocycles. The molecule has 3 unspecified atom stereocenters. The summed E-state index contributed by atoms with van der Waals surface area (Å²) >= 11 is 1.85. The van der Waals surface area contributed by atoms with Gasteiger partial charge in [0, 0.05) is 30.6 Å². The third-order valence-corrected chi connectivity index (χ3v) is 8.41. The maximum Gasteiger partial charge on any atom is 0.134 e. The van der Waals surface area contributed by atoms with Crippen LogP contribution in [0.2, 0.25) is 0 Å². The van der Waals surface area contributed by atoms with Crippen molar-refractivity contribution in [3.63, 3.8) is 0 Å². The number of fused-ring (bicyclic) bond motifs is 3. The van der Waals surface area contributed by atoms with Crippen molar-refractivity contribution in [2.24, 2.45) is 4.99 Å². The number of amidine groups is 1. The number of thiophene rings is 1. The van der Waals surface area contributed by atoms with Gasteiger partial charge in [0.05, 0.1) is 17.6 Å². The second kappa shape index (κ2) is 9.05. The largest absolute Gasteiger partial charge is 0.368 e. The smallest absolute Gasteiger partial charge is 0.134 e. The van der Waals surface area contributed by atoms with Crippen LogP contribution in [0.5, 0.6) is 0 Å². The van der Waals surface area contributed by atoms with E-state index in [9.17, 15) is 0 Å². The van der Waals surface area contributed by atoms with E-state index in [4.69, 9.17) is 4.99 Å². The van der Waals surface area contributed by atoms with Crippen molar-refractivity contribution in [1.29, 1.82) is 0 Å². The molecular formula is C29H32N4S. The number of aryl methyl sites for hydroxylation is 2. The Hall–Kier alpha value is -2.89. The lowest BCUT2D eigenvalue weighted by molar-refractivity contribution is 0.134. The number of anilines is 1. The maximum atomic E-state index is 5.32. The van der Waals surface area contributed by atoms with Crippen LogP contribution < -0.4 is 5.32 Å². The summed E-state index contributed by atoms with van der Waals surface area (Å²) < 4.78 is 0. The van der Waals surface area contributed by atoms with E-state index in [0.717, 1.165) is 32.5 Å². The molecule has 0 radical (unpaired) electrons. The minimum absolute atomic E-state index is 0.149. The van der Waals surface area contributed by atoms with Crippen molar-refractivity contribution in [3.05, 3.63) is 88.8 Å². The van der Waals surface area contributed by atoms with Crippen LogP contribution in [-0.4, -0.2) is 60.4 Å². The Kier molecular flexibility index (Phi) is 5.75. The van der Waals surface area contributed by atoms with E-state index in [1.54, 1.807) is 0 Å². The first-order valence-electron chi connectivity index (χ1n) is 12.4. The number of hydrogen-bond acceptors (Lipinski definition) is 5. The first-order valence-corrected chi connectivity index (χ1v) is 13.2. The normalized spacial score (nSPS) is 24.4. The number of nitrogens with one attached hydrogen (secondary N) is 1. The zero-order chi connectivity index (χ0) is 23.1. The molecule has 3 aliphatic rings. The van der Waals surface area contributed by atoms with Gasteiger partial charge < -0.3 is 10.2 Å². The highest BCUT2D eigenvalue weighted by molar-refractivity contribution is 7.16. The van der Waals surface area contributed by atoms with Crippen LogP contribution in [0.1, 0.15) is 22.4 Å². The second-order valence-corrected chi connectivity index (χ2v) is 11.0. The minimum atomic E-state index is 0.149. The highest BCUT2D eigenvalue weighted by atomic mass is 32.1. The fourth-order valence-electron chi connectivity index (χ4n) is 5.43. The zero-order valence-corrected chi connectivity index (χ0v) is 20.8. The maximum absolute atomic E-state index is 5.32. The van der Waals surface area contributed by atoms with Gasteiger partial charge in [-0.25, -0.2) is 0 Å². The van der Waals surface area contributed by atoms with Crippen molar-refractivity contribution >= 4 is 32.9 Å². The fourth-order valence-corrected chi connectivity index (χ4v) is 6.39. The molecule has 1 fully saturated rings. The van der Waals surface area contributed by atoms with Gasteiger partial charge >= 0.3 is 0 Å². The Balaban J connectivity index is 1.23. The molecule has 0 bridgehead atoms. The van der Waals surface area contributed by atoms with Gasteiger partial charge in [0.2, 0.25) is 0 Å². The lowest BCUT2D eigenvalue weighted by Crippen LogP contribution is -2.53. The number of aliphatic imine (C=N–C) groups is 1. The molecule has 3 aromatic rings. The number of nitrogens with zero attached hydrogens (tertiary/aromatic N) is 3. The molecule has 1 aromatic heterocycles. The SMILES string of the molecule is Cc1cc2c(s1)NC1C=CC=CC1N=C2N1CCN(C)C(CCc2ccc3ccccc3c2)C1. The Labute approximate surface area is 206 Å². The highest BCUT2D eigenvalue weighted by Gasteiger charge is 2.32. The number of allylic oxidation sites excluding steroid dienone is 2.